The van der Waals surface area contributed by atoms with Crippen LogP contribution in [0.2, 0.25) is 0 Å². The summed E-state index contributed by atoms with van der Waals surface area (Å²) in [6.07, 6.45) is 8.26. The third-order valence-corrected chi connectivity index (χ3v) is 7.36. The largest absolute Gasteiger partial charge is 0.493 e. The summed E-state index contributed by atoms with van der Waals surface area (Å²) < 4.78 is 11.6. The van der Waals surface area contributed by atoms with Gasteiger partial charge < -0.3 is 14.8 Å². The number of hydrogen-bond acceptors (Lipinski definition) is 6. The lowest BCUT2D eigenvalue weighted by Gasteiger charge is -2.14. The number of benzene rings is 1. The lowest BCUT2D eigenvalue weighted by atomic mass is 9.95. The number of unbranched alkanes of at least 4 members (excludes halogenated alkanes) is 3. The van der Waals surface area contributed by atoms with Crippen LogP contribution in [-0.2, 0) is 17.6 Å². The number of carbonyl (C=O) groups is 2. The summed E-state index contributed by atoms with van der Waals surface area (Å²) in [5, 5.41) is 6.51. The molecule has 1 aliphatic carbocycles. The van der Waals surface area contributed by atoms with Crippen molar-refractivity contribution in [2.45, 2.75) is 58.3 Å². The van der Waals surface area contributed by atoms with Crippen LogP contribution in [0.15, 0.2) is 22.7 Å². The minimum absolute atomic E-state index is 0.123. The molecule has 33 heavy (non-hydrogen) atoms. The number of rotatable bonds is 9. The first-order valence-electron chi connectivity index (χ1n) is 11.2. The average Bonchev–Trinajstić information content (AvgIpc) is 3.16. The van der Waals surface area contributed by atoms with E-state index in [1.54, 1.807) is 12.1 Å². The fraction of sp³-hybridized carbons (Fsp3) is 0.458. The number of thiocarbonyl (C=S) groups is 1. The number of hydrogen-bond donors (Lipinski definition) is 2. The molecule has 0 saturated carbocycles. The lowest BCUT2D eigenvalue weighted by molar-refractivity contribution is 0.0601. The van der Waals surface area contributed by atoms with E-state index in [2.05, 4.69) is 33.5 Å². The Hall–Kier alpha value is -1.97. The van der Waals surface area contributed by atoms with Crippen LogP contribution in [0.3, 0.4) is 0 Å². The van der Waals surface area contributed by atoms with E-state index in [1.807, 2.05) is 6.07 Å². The van der Waals surface area contributed by atoms with E-state index < -0.39 is 5.97 Å². The zero-order valence-electron chi connectivity index (χ0n) is 18.9. The predicted octanol–water partition coefficient (Wildman–Crippen LogP) is 6.26. The maximum atomic E-state index is 13.0. The number of amides is 1. The van der Waals surface area contributed by atoms with Crippen molar-refractivity contribution in [2.24, 2.45) is 0 Å². The van der Waals surface area contributed by atoms with Crippen LogP contribution in [0.5, 0.6) is 5.75 Å². The third-order valence-electron chi connectivity index (χ3n) is 5.46. The summed E-state index contributed by atoms with van der Waals surface area (Å²) in [7, 11) is 1.37. The normalized spacial score (nSPS) is 12.6. The Balaban J connectivity index is 1.70. The van der Waals surface area contributed by atoms with Crippen molar-refractivity contribution in [3.05, 3.63) is 44.2 Å². The Kier molecular flexibility index (Phi) is 9.70. The molecule has 178 valence electrons. The van der Waals surface area contributed by atoms with Crippen molar-refractivity contribution in [1.82, 2.24) is 5.32 Å². The second kappa shape index (κ2) is 12.5. The van der Waals surface area contributed by atoms with Gasteiger partial charge in [0.05, 0.1) is 24.8 Å². The van der Waals surface area contributed by atoms with Gasteiger partial charge in [-0.15, -0.1) is 11.3 Å². The standard InChI is InChI=1S/C24H29BrN2O4S2/c1-3-4-5-8-13-31-18-12-11-15(25)14-17(18)21(28)26-24(32)27-22-20(23(29)30-2)16-9-6-7-10-19(16)33-22/h11-12,14H,3-10,13H2,1-2H3,(H2,26,27,28,32). The summed E-state index contributed by atoms with van der Waals surface area (Å²) in [5.41, 5.74) is 1.94. The summed E-state index contributed by atoms with van der Waals surface area (Å²) in [4.78, 5) is 26.6. The van der Waals surface area contributed by atoms with Gasteiger partial charge in [0.2, 0.25) is 0 Å². The molecule has 1 aromatic heterocycles. The van der Waals surface area contributed by atoms with E-state index in [0.717, 1.165) is 61.4 Å². The number of thiophene rings is 1. The molecule has 6 nitrogen and oxygen atoms in total. The molecular weight excluding hydrogens is 524 g/mol. The lowest BCUT2D eigenvalue weighted by Crippen LogP contribution is -2.34. The predicted molar refractivity (Wildman–Crippen MR) is 140 cm³/mol. The molecule has 0 atom stereocenters. The van der Waals surface area contributed by atoms with Crippen LogP contribution in [0.25, 0.3) is 0 Å². The topological polar surface area (TPSA) is 76.7 Å². The van der Waals surface area contributed by atoms with Crippen molar-refractivity contribution in [1.29, 1.82) is 0 Å². The molecule has 0 radical (unpaired) electrons. The van der Waals surface area contributed by atoms with Crippen LogP contribution >= 0.6 is 39.5 Å². The first-order valence-corrected chi connectivity index (χ1v) is 13.2. The summed E-state index contributed by atoms with van der Waals surface area (Å²) in [5.74, 6) is -0.257. The molecule has 2 N–H and O–H groups in total. The summed E-state index contributed by atoms with van der Waals surface area (Å²) in [6.45, 7) is 2.71. The highest BCUT2D eigenvalue weighted by molar-refractivity contribution is 9.10. The van der Waals surface area contributed by atoms with Gasteiger partial charge in [0.15, 0.2) is 5.11 Å². The molecule has 0 unspecified atom stereocenters. The molecule has 0 bridgehead atoms. The molecular formula is C24H29BrN2O4S2. The van der Waals surface area contributed by atoms with Crippen molar-refractivity contribution >= 4 is 61.5 Å². The van der Waals surface area contributed by atoms with Gasteiger partial charge in [-0.1, -0.05) is 42.1 Å². The van der Waals surface area contributed by atoms with E-state index in [9.17, 15) is 9.59 Å². The molecule has 1 amide bonds. The number of nitrogens with one attached hydrogen (secondary N) is 2. The SMILES string of the molecule is CCCCCCOc1ccc(Br)cc1C(=O)NC(=S)Nc1sc2c(c1C(=O)OC)CCCC2. The maximum Gasteiger partial charge on any atom is 0.341 e. The van der Waals surface area contributed by atoms with Crippen LogP contribution in [0.4, 0.5) is 5.00 Å². The van der Waals surface area contributed by atoms with Gasteiger partial charge in [0.25, 0.3) is 5.91 Å². The minimum atomic E-state index is -0.392. The zero-order valence-corrected chi connectivity index (χ0v) is 22.1. The Morgan fingerprint density at radius 2 is 1.97 bits per heavy atom. The van der Waals surface area contributed by atoms with Crippen molar-refractivity contribution in [3.63, 3.8) is 0 Å². The minimum Gasteiger partial charge on any atom is -0.493 e. The van der Waals surface area contributed by atoms with Crippen LogP contribution < -0.4 is 15.4 Å². The molecule has 9 heteroatoms. The van der Waals surface area contributed by atoms with Crippen molar-refractivity contribution < 1.29 is 19.1 Å². The van der Waals surface area contributed by atoms with E-state index in [4.69, 9.17) is 21.7 Å². The maximum absolute atomic E-state index is 13.0. The Bertz CT molecular complexity index is 1020. The molecule has 1 aliphatic rings. The molecule has 1 aromatic carbocycles. The number of esters is 1. The first kappa shape index (κ1) is 25.6. The summed E-state index contributed by atoms with van der Waals surface area (Å²) in [6, 6.07) is 5.33. The van der Waals surface area contributed by atoms with Gasteiger partial charge in [-0.2, -0.15) is 0 Å². The fourth-order valence-electron chi connectivity index (χ4n) is 3.79. The molecule has 0 aliphatic heterocycles. The molecule has 1 heterocycles. The first-order chi connectivity index (χ1) is 15.9. The van der Waals surface area contributed by atoms with Gasteiger partial charge in [-0.05, 0) is 68.1 Å². The summed E-state index contributed by atoms with van der Waals surface area (Å²) >= 11 is 10.3. The Morgan fingerprint density at radius 3 is 2.73 bits per heavy atom. The van der Waals surface area contributed by atoms with Gasteiger partial charge in [0.1, 0.15) is 10.8 Å². The Labute approximate surface area is 212 Å². The number of fused-ring (bicyclic) bond motifs is 1. The highest BCUT2D eigenvalue weighted by atomic mass is 79.9. The number of aryl methyl sites for hydroxylation is 1. The average molecular weight is 554 g/mol. The van der Waals surface area contributed by atoms with E-state index in [-0.39, 0.29) is 11.0 Å². The number of carbonyl (C=O) groups excluding carboxylic acids is 2. The molecule has 2 aromatic rings. The fourth-order valence-corrected chi connectivity index (χ4v) is 5.70. The van der Waals surface area contributed by atoms with E-state index >= 15 is 0 Å². The van der Waals surface area contributed by atoms with E-state index in [1.165, 1.54) is 23.3 Å². The second-order valence-corrected chi connectivity index (χ2v) is 10.3. The monoisotopic (exact) mass is 552 g/mol. The van der Waals surface area contributed by atoms with Gasteiger partial charge in [-0.3, -0.25) is 10.1 Å². The van der Waals surface area contributed by atoms with Crippen LogP contribution in [0.1, 0.15) is 76.6 Å². The number of halogens is 1. The van der Waals surface area contributed by atoms with Gasteiger partial charge in [-0.25, -0.2) is 4.79 Å². The molecule has 0 spiro atoms. The van der Waals surface area contributed by atoms with Crippen molar-refractivity contribution in [3.8, 4) is 5.75 Å². The van der Waals surface area contributed by atoms with E-state index in [0.29, 0.717) is 28.5 Å². The zero-order chi connectivity index (χ0) is 23.8. The third kappa shape index (κ3) is 6.77. The van der Waals surface area contributed by atoms with Gasteiger partial charge >= 0.3 is 5.97 Å². The quantitative estimate of drug-likeness (QED) is 0.217. The second-order valence-electron chi connectivity index (χ2n) is 7.86. The highest BCUT2D eigenvalue weighted by Crippen LogP contribution is 2.38. The molecule has 0 saturated heterocycles. The van der Waals surface area contributed by atoms with Gasteiger partial charge in [0, 0.05) is 9.35 Å². The smallest absolute Gasteiger partial charge is 0.341 e. The molecule has 0 fully saturated rings. The number of anilines is 1. The molecule has 3 rings (SSSR count). The Morgan fingerprint density at radius 1 is 1.18 bits per heavy atom. The van der Waals surface area contributed by atoms with Crippen molar-refractivity contribution in [2.75, 3.05) is 19.0 Å². The van der Waals surface area contributed by atoms with Crippen LogP contribution in [0, 0.1) is 0 Å². The highest BCUT2D eigenvalue weighted by Gasteiger charge is 2.27. The number of methoxy groups -OCH3 is 1. The van der Waals surface area contributed by atoms with Crippen LogP contribution in [-0.4, -0.2) is 30.7 Å². The number of ether oxygens (including phenoxy) is 2.